The summed E-state index contributed by atoms with van der Waals surface area (Å²) in [6.07, 6.45) is -26.5. The summed E-state index contributed by atoms with van der Waals surface area (Å²) in [5, 5.41) is 10.9. The zero-order valence-corrected chi connectivity index (χ0v) is 36.4. The lowest BCUT2D eigenvalue weighted by Gasteiger charge is -2.48. The van der Waals surface area contributed by atoms with Crippen LogP contribution in [0.5, 0.6) is 0 Å². The molecule has 3 rings (SSSR count). The Bertz CT molecular complexity index is 1730. The Hall–Kier alpha value is -5.54. The van der Waals surface area contributed by atoms with E-state index in [1.54, 1.807) is 0 Å². The van der Waals surface area contributed by atoms with Gasteiger partial charge in [0.05, 0.1) is 6.61 Å². The zero-order valence-electron chi connectivity index (χ0n) is 36.4. The van der Waals surface area contributed by atoms with E-state index in [9.17, 15) is 53.1 Å². The van der Waals surface area contributed by atoms with Gasteiger partial charge in [0.25, 0.3) is 0 Å². The Balaban J connectivity index is 2.21. The van der Waals surface area contributed by atoms with Crippen LogP contribution in [0, 0.1) is 0 Å². The van der Waals surface area contributed by atoms with Crippen molar-refractivity contribution >= 4 is 59.7 Å². The molecule has 3 saturated heterocycles. The van der Waals surface area contributed by atoms with Crippen molar-refractivity contribution in [1.29, 1.82) is 0 Å². The molecule has 0 aromatic rings. The SMILES string of the molecule is CC(=O)OC[C@H]1O[C@@H](OC[C@H]2O[C@@H](O[C@H]3[C@H](OC(C)=O)[C@@H](OC(C)=O)[C@@H](O)O[C@@H]3COC(C)=O)[C@H](OC(C)=O)[C@@H](OC(C)=O)[C@H]2OC(C)=O)[C@H](OC(C)=O)[C@@H](OC(C)=O)[C@H]1OC(C)=O. The highest BCUT2D eigenvalue weighted by molar-refractivity contribution is 5.70. The van der Waals surface area contributed by atoms with Gasteiger partial charge in [0.15, 0.2) is 67.7 Å². The molecule has 0 aliphatic carbocycles. The van der Waals surface area contributed by atoms with Crippen molar-refractivity contribution in [3.05, 3.63) is 0 Å². The van der Waals surface area contributed by atoms with Gasteiger partial charge in [-0.2, -0.15) is 0 Å². The number of esters is 10. The van der Waals surface area contributed by atoms with E-state index < -0.39 is 172 Å². The summed E-state index contributed by atoms with van der Waals surface area (Å²) in [6.45, 7) is 7.70. The van der Waals surface area contributed by atoms with E-state index in [4.69, 9.17) is 71.1 Å². The molecule has 3 heterocycles. The molecule has 0 unspecified atom stereocenters. The summed E-state index contributed by atoms with van der Waals surface area (Å²) >= 11 is 0. The summed E-state index contributed by atoms with van der Waals surface area (Å²) in [5.74, 6) is -9.52. The number of carbonyl (C=O) groups excluding carboxylic acids is 10. The number of ether oxygens (including phenoxy) is 15. The van der Waals surface area contributed by atoms with Crippen molar-refractivity contribution in [3.8, 4) is 0 Å². The Morgan fingerprint density at radius 2 is 0.641 bits per heavy atom. The predicted octanol–water partition coefficient (Wildman–Crippen LogP) is -1.86. The Morgan fingerprint density at radius 1 is 0.344 bits per heavy atom. The lowest BCUT2D eigenvalue weighted by molar-refractivity contribution is -0.363. The number of rotatable bonds is 17. The molecule has 26 heteroatoms. The van der Waals surface area contributed by atoms with Crippen molar-refractivity contribution in [3.63, 3.8) is 0 Å². The van der Waals surface area contributed by atoms with E-state index in [2.05, 4.69) is 0 Å². The normalized spacial score (nSPS) is 32.3. The van der Waals surface area contributed by atoms with Crippen LogP contribution in [0.25, 0.3) is 0 Å². The Labute approximate surface area is 364 Å². The fourth-order valence-electron chi connectivity index (χ4n) is 6.80. The van der Waals surface area contributed by atoms with E-state index in [0.29, 0.717) is 0 Å². The van der Waals surface area contributed by atoms with Gasteiger partial charge in [0.1, 0.15) is 37.6 Å². The highest BCUT2D eigenvalue weighted by Gasteiger charge is 2.58. The third-order valence-electron chi connectivity index (χ3n) is 8.83. The van der Waals surface area contributed by atoms with Gasteiger partial charge in [-0.3, -0.25) is 47.9 Å². The van der Waals surface area contributed by atoms with Crippen molar-refractivity contribution in [2.75, 3.05) is 19.8 Å². The zero-order chi connectivity index (χ0) is 48.2. The third-order valence-corrected chi connectivity index (χ3v) is 8.83. The van der Waals surface area contributed by atoms with E-state index in [1.807, 2.05) is 0 Å². The van der Waals surface area contributed by atoms with E-state index >= 15 is 0 Å². The quantitative estimate of drug-likeness (QED) is 0.123. The second-order valence-corrected chi connectivity index (χ2v) is 14.3. The summed E-state index contributed by atoms with van der Waals surface area (Å²) in [4.78, 5) is 123. The average molecular weight is 925 g/mol. The van der Waals surface area contributed by atoms with Crippen LogP contribution in [-0.2, 0) is 119 Å². The van der Waals surface area contributed by atoms with Crippen LogP contribution in [0.4, 0.5) is 0 Å². The number of carbonyl (C=O) groups is 10. The smallest absolute Gasteiger partial charge is 0.303 e. The molecule has 0 spiro atoms. The lowest BCUT2D eigenvalue weighted by Crippen LogP contribution is -2.67. The van der Waals surface area contributed by atoms with Gasteiger partial charge in [0.2, 0.25) is 0 Å². The van der Waals surface area contributed by atoms with Crippen LogP contribution < -0.4 is 0 Å². The first kappa shape index (κ1) is 52.8. The van der Waals surface area contributed by atoms with Gasteiger partial charge in [-0.05, 0) is 0 Å². The molecule has 3 aliphatic heterocycles. The summed E-state index contributed by atoms with van der Waals surface area (Å²) in [7, 11) is 0. The standard InChI is InChI=1S/C38H52O26/c1-14(39)50-11-24-29(30(55-18(5)43)33(36(49)61-24)58-21(8)46)64-38-35(60-23(10)48)32(57-20(7)45)28(54-17(4)42)26(63-38)13-52-37-34(59-22(9)47)31(56-19(6)44)27(53-16(3)41)25(62-37)12-51-15(2)40/h24-38,49H,11-13H2,1-10H3/t24-,25-,26-,27+,28+,29-,30+,31+,32+,33-,34-,35-,36+,37-,38+/m1/s1. The molecule has 3 fully saturated rings. The first-order valence-electron chi connectivity index (χ1n) is 19.4. The van der Waals surface area contributed by atoms with Crippen LogP contribution in [-0.4, -0.2) is 177 Å². The van der Waals surface area contributed by atoms with Crippen molar-refractivity contribution in [1.82, 2.24) is 0 Å². The van der Waals surface area contributed by atoms with Gasteiger partial charge >= 0.3 is 59.7 Å². The maximum atomic E-state index is 12.7. The molecule has 15 atom stereocenters. The van der Waals surface area contributed by atoms with Gasteiger partial charge in [-0.15, -0.1) is 0 Å². The average Bonchev–Trinajstić information content (AvgIpc) is 3.14. The molecule has 360 valence electrons. The number of hydrogen-bond donors (Lipinski definition) is 1. The van der Waals surface area contributed by atoms with E-state index in [1.165, 1.54) is 0 Å². The van der Waals surface area contributed by atoms with E-state index in [0.717, 1.165) is 69.2 Å². The molecular formula is C38H52O26. The summed E-state index contributed by atoms with van der Waals surface area (Å²) in [6, 6.07) is 0. The highest BCUT2D eigenvalue weighted by atomic mass is 16.8. The molecule has 3 aliphatic rings. The topological polar surface area (TPSA) is 329 Å². The van der Waals surface area contributed by atoms with Gasteiger partial charge in [0, 0.05) is 69.2 Å². The fraction of sp³-hybridized carbons (Fsp3) is 0.737. The molecule has 26 nitrogen and oxygen atoms in total. The Kier molecular flexibility index (Phi) is 19.8. The Morgan fingerprint density at radius 3 is 1.03 bits per heavy atom. The fourth-order valence-corrected chi connectivity index (χ4v) is 6.80. The second kappa shape index (κ2) is 23.9. The van der Waals surface area contributed by atoms with Crippen molar-refractivity contribution in [2.45, 2.75) is 161 Å². The minimum absolute atomic E-state index is 0.632. The molecular weight excluding hydrogens is 872 g/mol. The maximum Gasteiger partial charge on any atom is 0.303 e. The molecule has 0 amide bonds. The maximum absolute atomic E-state index is 12.7. The van der Waals surface area contributed by atoms with Crippen molar-refractivity contribution < 1.29 is 124 Å². The molecule has 64 heavy (non-hydrogen) atoms. The second-order valence-electron chi connectivity index (χ2n) is 14.3. The number of aliphatic hydroxyl groups excluding tert-OH is 1. The summed E-state index contributed by atoms with van der Waals surface area (Å²) < 4.78 is 83.8. The monoisotopic (exact) mass is 924 g/mol. The predicted molar refractivity (Wildman–Crippen MR) is 197 cm³/mol. The van der Waals surface area contributed by atoms with Crippen molar-refractivity contribution in [2.24, 2.45) is 0 Å². The minimum Gasteiger partial charge on any atom is -0.463 e. The summed E-state index contributed by atoms with van der Waals surface area (Å²) in [5.41, 5.74) is 0. The van der Waals surface area contributed by atoms with Crippen LogP contribution in [0.1, 0.15) is 69.2 Å². The number of aliphatic hydroxyl groups is 1. The lowest BCUT2D eigenvalue weighted by atomic mass is 9.95. The van der Waals surface area contributed by atoms with Crippen LogP contribution >= 0.6 is 0 Å². The molecule has 0 aromatic heterocycles. The highest BCUT2D eigenvalue weighted by Crippen LogP contribution is 2.36. The van der Waals surface area contributed by atoms with Gasteiger partial charge in [-0.25, -0.2) is 0 Å². The largest absolute Gasteiger partial charge is 0.463 e. The van der Waals surface area contributed by atoms with Gasteiger partial charge in [-0.1, -0.05) is 0 Å². The molecule has 0 bridgehead atoms. The van der Waals surface area contributed by atoms with E-state index in [-0.39, 0.29) is 0 Å². The third kappa shape index (κ3) is 15.6. The molecule has 0 aromatic carbocycles. The first-order chi connectivity index (χ1) is 29.9. The first-order valence-corrected chi connectivity index (χ1v) is 19.4. The van der Waals surface area contributed by atoms with Crippen LogP contribution in [0.15, 0.2) is 0 Å². The van der Waals surface area contributed by atoms with Crippen LogP contribution in [0.2, 0.25) is 0 Å². The number of hydrogen-bond acceptors (Lipinski definition) is 26. The molecule has 0 radical (unpaired) electrons. The van der Waals surface area contributed by atoms with Gasteiger partial charge < -0.3 is 76.2 Å². The molecule has 1 N–H and O–H groups in total. The molecule has 0 saturated carbocycles. The minimum atomic E-state index is -2.02. The van der Waals surface area contributed by atoms with Crippen LogP contribution in [0.3, 0.4) is 0 Å².